The zero-order valence-electron chi connectivity index (χ0n) is 17.3. The summed E-state index contributed by atoms with van der Waals surface area (Å²) in [4.78, 5) is 24.7. The Hall–Kier alpha value is -3.54. The predicted octanol–water partition coefficient (Wildman–Crippen LogP) is 4.25. The molecule has 2 amide bonds. The topological polar surface area (TPSA) is 76.7 Å². The van der Waals surface area contributed by atoms with Crippen LogP contribution in [0.2, 0.25) is 0 Å². The van der Waals surface area contributed by atoms with Crippen molar-refractivity contribution < 1.29 is 19.1 Å². The highest BCUT2D eigenvalue weighted by Gasteiger charge is 2.16. The van der Waals surface area contributed by atoms with Crippen molar-refractivity contribution in [2.24, 2.45) is 0 Å². The van der Waals surface area contributed by atoms with Gasteiger partial charge >= 0.3 is 0 Å². The van der Waals surface area contributed by atoms with Gasteiger partial charge in [-0.05, 0) is 61.4 Å². The zero-order chi connectivity index (χ0) is 21.5. The first-order valence-electron chi connectivity index (χ1n) is 9.98. The molecule has 6 nitrogen and oxygen atoms in total. The van der Waals surface area contributed by atoms with Crippen molar-refractivity contribution in [3.8, 4) is 11.5 Å². The summed E-state index contributed by atoms with van der Waals surface area (Å²) in [6.07, 6.45) is 0.129. The minimum atomic E-state index is -0.786. The summed E-state index contributed by atoms with van der Waals surface area (Å²) in [6, 6.07) is 20.3. The number of hydrazine groups is 1. The molecule has 6 heteroatoms. The predicted molar refractivity (Wildman–Crippen MR) is 116 cm³/mol. The van der Waals surface area contributed by atoms with Crippen molar-refractivity contribution in [1.29, 1.82) is 0 Å². The number of hydrogen-bond acceptors (Lipinski definition) is 4. The maximum Gasteiger partial charge on any atom is 0.279 e. The van der Waals surface area contributed by atoms with Gasteiger partial charge in [-0.1, -0.05) is 43.3 Å². The molecular weight excluding hydrogens is 380 g/mol. The number of rotatable bonds is 7. The maximum absolute atomic E-state index is 12.4. The van der Waals surface area contributed by atoms with Crippen LogP contribution in [0.5, 0.6) is 11.5 Å². The first kappa shape index (κ1) is 21.2. The van der Waals surface area contributed by atoms with Gasteiger partial charge in [0.1, 0.15) is 11.5 Å². The normalized spacial score (nSPS) is 12.6. The Morgan fingerprint density at radius 1 is 0.833 bits per heavy atom. The van der Waals surface area contributed by atoms with Gasteiger partial charge in [0, 0.05) is 5.56 Å². The lowest BCUT2D eigenvalue weighted by Crippen LogP contribution is -2.47. The van der Waals surface area contributed by atoms with Crippen molar-refractivity contribution >= 4 is 22.6 Å². The van der Waals surface area contributed by atoms with E-state index in [0.717, 1.165) is 17.2 Å². The molecule has 30 heavy (non-hydrogen) atoms. The van der Waals surface area contributed by atoms with E-state index in [0.29, 0.717) is 17.1 Å². The molecule has 0 heterocycles. The smallest absolute Gasteiger partial charge is 0.279 e. The van der Waals surface area contributed by atoms with E-state index >= 15 is 0 Å². The van der Waals surface area contributed by atoms with E-state index in [-0.39, 0.29) is 6.10 Å². The van der Waals surface area contributed by atoms with Crippen molar-refractivity contribution in [2.45, 2.75) is 39.4 Å². The fourth-order valence-corrected chi connectivity index (χ4v) is 2.82. The third-order valence-corrected chi connectivity index (χ3v) is 4.71. The Labute approximate surface area is 176 Å². The first-order valence-corrected chi connectivity index (χ1v) is 9.98. The molecule has 0 aliphatic heterocycles. The molecule has 0 aromatic heterocycles. The molecule has 0 fully saturated rings. The Bertz CT molecular complexity index is 1030. The fourth-order valence-electron chi connectivity index (χ4n) is 2.82. The molecule has 3 aromatic rings. The first-order chi connectivity index (χ1) is 14.5. The summed E-state index contributed by atoms with van der Waals surface area (Å²) in [7, 11) is 0. The van der Waals surface area contributed by atoms with E-state index in [1.54, 1.807) is 31.2 Å². The number of benzene rings is 3. The van der Waals surface area contributed by atoms with Crippen LogP contribution >= 0.6 is 0 Å². The molecule has 0 aliphatic rings. The lowest BCUT2D eigenvalue weighted by Gasteiger charge is -2.16. The lowest BCUT2D eigenvalue weighted by molar-refractivity contribution is -0.128. The fraction of sp³-hybridized carbons (Fsp3) is 0.250. The maximum atomic E-state index is 12.4. The van der Waals surface area contributed by atoms with Crippen LogP contribution in [0.3, 0.4) is 0 Å². The lowest BCUT2D eigenvalue weighted by atomic mass is 10.1. The number of ether oxygens (including phenoxy) is 2. The van der Waals surface area contributed by atoms with Crippen LogP contribution in [0.25, 0.3) is 10.8 Å². The Morgan fingerprint density at radius 2 is 1.57 bits per heavy atom. The number of carbonyl (C=O) groups is 2. The average Bonchev–Trinajstić information content (AvgIpc) is 2.77. The van der Waals surface area contributed by atoms with Gasteiger partial charge in [0.25, 0.3) is 11.8 Å². The molecule has 2 N–H and O–H groups in total. The average molecular weight is 406 g/mol. The molecule has 0 saturated carbocycles. The quantitative estimate of drug-likeness (QED) is 0.575. The van der Waals surface area contributed by atoms with Crippen molar-refractivity contribution in [2.75, 3.05) is 0 Å². The zero-order valence-corrected chi connectivity index (χ0v) is 17.3. The van der Waals surface area contributed by atoms with Gasteiger partial charge in [0.05, 0.1) is 6.10 Å². The van der Waals surface area contributed by atoms with Crippen LogP contribution in [-0.2, 0) is 4.79 Å². The number of nitrogens with one attached hydrogen (secondary N) is 2. The van der Waals surface area contributed by atoms with Crippen LogP contribution in [0, 0.1) is 0 Å². The summed E-state index contributed by atoms with van der Waals surface area (Å²) in [5.74, 6) is 0.299. The van der Waals surface area contributed by atoms with Crippen LogP contribution in [-0.4, -0.2) is 24.0 Å². The van der Waals surface area contributed by atoms with E-state index in [1.807, 2.05) is 56.3 Å². The highest BCUT2D eigenvalue weighted by Crippen LogP contribution is 2.21. The van der Waals surface area contributed by atoms with E-state index in [2.05, 4.69) is 10.9 Å². The Balaban J connectivity index is 1.55. The van der Waals surface area contributed by atoms with Gasteiger partial charge in [-0.25, -0.2) is 0 Å². The van der Waals surface area contributed by atoms with E-state index in [4.69, 9.17) is 9.47 Å². The molecule has 156 valence electrons. The van der Waals surface area contributed by atoms with Crippen LogP contribution in [0.1, 0.15) is 37.6 Å². The monoisotopic (exact) mass is 406 g/mol. The van der Waals surface area contributed by atoms with Gasteiger partial charge in [-0.2, -0.15) is 0 Å². The van der Waals surface area contributed by atoms with E-state index in [9.17, 15) is 9.59 Å². The van der Waals surface area contributed by atoms with E-state index in [1.165, 1.54) is 0 Å². The number of hydrogen-bond donors (Lipinski definition) is 2. The molecule has 0 radical (unpaired) electrons. The summed E-state index contributed by atoms with van der Waals surface area (Å²) in [5.41, 5.74) is 5.21. The summed E-state index contributed by atoms with van der Waals surface area (Å²) >= 11 is 0. The molecule has 2 atom stereocenters. The van der Waals surface area contributed by atoms with Crippen LogP contribution in [0.15, 0.2) is 66.7 Å². The second kappa shape index (κ2) is 9.78. The number of amides is 2. The van der Waals surface area contributed by atoms with Crippen molar-refractivity contribution in [1.82, 2.24) is 10.9 Å². The highest BCUT2D eigenvalue weighted by atomic mass is 16.5. The van der Waals surface area contributed by atoms with Crippen LogP contribution in [0.4, 0.5) is 0 Å². The molecule has 0 bridgehead atoms. The van der Waals surface area contributed by atoms with Crippen molar-refractivity contribution in [3.05, 3.63) is 72.3 Å². The largest absolute Gasteiger partial charge is 0.491 e. The van der Waals surface area contributed by atoms with Gasteiger partial charge in [0.2, 0.25) is 0 Å². The molecule has 3 rings (SSSR count). The van der Waals surface area contributed by atoms with Gasteiger partial charge in [0.15, 0.2) is 6.10 Å². The van der Waals surface area contributed by atoms with Gasteiger partial charge in [-0.3, -0.25) is 20.4 Å². The van der Waals surface area contributed by atoms with E-state index < -0.39 is 17.9 Å². The molecule has 0 spiro atoms. The van der Waals surface area contributed by atoms with Gasteiger partial charge < -0.3 is 9.47 Å². The third-order valence-electron chi connectivity index (χ3n) is 4.71. The summed E-state index contributed by atoms with van der Waals surface area (Å²) < 4.78 is 11.4. The van der Waals surface area contributed by atoms with Gasteiger partial charge in [-0.15, -0.1) is 0 Å². The van der Waals surface area contributed by atoms with Crippen molar-refractivity contribution in [3.63, 3.8) is 0 Å². The number of carbonyl (C=O) groups excluding carboxylic acids is 2. The second-order valence-corrected chi connectivity index (χ2v) is 7.08. The summed E-state index contributed by atoms with van der Waals surface area (Å²) in [6.45, 7) is 5.61. The highest BCUT2D eigenvalue weighted by molar-refractivity contribution is 5.96. The molecule has 0 aliphatic carbocycles. The Kier molecular flexibility index (Phi) is 6.91. The standard InChI is InChI=1S/C24H26N2O4/c1-4-16(2)29-21-11-7-10-20(15-21)24(28)26-25-23(27)17(3)30-22-13-12-18-8-5-6-9-19(18)14-22/h5-17H,4H2,1-3H3,(H,25,27)(H,26,28). The molecule has 3 aromatic carbocycles. The molecular formula is C24H26N2O4. The molecule has 2 unspecified atom stereocenters. The molecule has 0 saturated heterocycles. The minimum Gasteiger partial charge on any atom is -0.491 e. The Morgan fingerprint density at radius 3 is 2.33 bits per heavy atom. The number of fused-ring (bicyclic) bond motifs is 1. The minimum absolute atomic E-state index is 0.0520. The van der Waals surface area contributed by atoms with Crippen LogP contribution < -0.4 is 20.3 Å². The SMILES string of the molecule is CCC(C)Oc1cccc(C(=O)NNC(=O)C(C)Oc2ccc3ccccc3c2)c1. The summed E-state index contributed by atoms with van der Waals surface area (Å²) in [5, 5.41) is 2.11. The third kappa shape index (κ3) is 5.50. The second-order valence-electron chi connectivity index (χ2n) is 7.08.